The molecule has 2 N–H and O–H groups in total. The van der Waals surface area contributed by atoms with E-state index >= 15 is 0 Å². The monoisotopic (exact) mass is 394 g/mol. The minimum absolute atomic E-state index is 0.0779. The fourth-order valence-electron chi connectivity index (χ4n) is 3.17. The first-order chi connectivity index (χ1) is 12.6. The smallest absolute Gasteiger partial charge is 0.264 e. The highest BCUT2D eigenvalue weighted by Gasteiger charge is 2.22. The van der Waals surface area contributed by atoms with Gasteiger partial charge in [0.15, 0.2) is 0 Å². The molecule has 2 rings (SSSR count). The number of amides is 2. The van der Waals surface area contributed by atoms with Gasteiger partial charge in [0.25, 0.3) is 10.0 Å². The summed E-state index contributed by atoms with van der Waals surface area (Å²) in [6, 6.07) is 6.80. The third kappa shape index (κ3) is 6.34. The molecule has 0 radical (unpaired) electrons. The Balaban J connectivity index is 1.89. The van der Waals surface area contributed by atoms with Gasteiger partial charge in [0.1, 0.15) is 0 Å². The van der Waals surface area contributed by atoms with E-state index in [9.17, 15) is 18.0 Å². The second kappa shape index (κ2) is 8.87. The molecule has 1 aliphatic rings. The molecular weight excluding hydrogens is 364 g/mol. The van der Waals surface area contributed by atoms with Gasteiger partial charge in [-0.05, 0) is 36.5 Å². The molecule has 7 heteroatoms. The topological polar surface area (TPSA) is 92.3 Å². The number of benzene rings is 1. The van der Waals surface area contributed by atoms with Crippen molar-refractivity contribution >= 4 is 21.8 Å². The van der Waals surface area contributed by atoms with Gasteiger partial charge in [0.2, 0.25) is 11.8 Å². The van der Waals surface area contributed by atoms with Crippen LogP contribution in [0.25, 0.3) is 0 Å². The lowest BCUT2D eigenvalue weighted by molar-refractivity contribution is -0.128. The van der Waals surface area contributed by atoms with Crippen LogP contribution in [0.5, 0.6) is 0 Å². The normalized spacial score (nSPS) is 16.0. The molecule has 27 heavy (non-hydrogen) atoms. The lowest BCUT2D eigenvalue weighted by atomic mass is 9.84. The van der Waals surface area contributed by atoms with E-state index in [1.807, 2.05) is 12.1 Å². The van der Waals surface area contributed by atoms with Crippen molar-refractivity contribution < 1.29 is 18.0 Å². The summed E-state index contributed by atoms with van der Waals surface area (Å²) in [5, 5.41) is 2.63. The summed E-state index contributed by atoms with van der Waals surface area (Å²) in [6.07, 6.45) is 5.89. The average Bonchev–Trinajstić information content (AvgIpc) is 2.61. The lowest BCUT2D eigenvalue weighted by Gasteiger charge is -2.22. The Labute approximate surface area is 162 Å². The molecule has 0 atom stereocenters. The quantitative estimate of drug-likeness (QED) is 0.775. The number of carbonyl (C=O) groups is 2. The van der Waals surface area contributed by atoms with Crippen LogP contribution in [-0.2, 0) is 19.6 Å². The summed E-state index contributed by atoms with van der Waals surface area (Å²) in [4.78, 5) is 23.8. The predicted octanol–water partition coefficient (Wildman–Crippen LogP) is 3.09. The zero-order valence-electron chi connectivity index (χ0n) is 16.4. The third-order valence-electron chi connectivity index (χ3n) is 4.83. The van der Waals surface area contributed by atoms with E-state index in [0.717, 1.165) is 18.4 Å². The maximum Gasteiger partial charge on any atom is 0.264 e. The summed E-state index contributed by atoms with van der Waals surface area (Å²) in [5.74, 6) is -0.325. The molecule has 0 bridgehead atoms. The molecule has 0 heterocycles. The van der Waals surface area contributed by atoms with Gasteiger partial charge in [-0.25, -0.2) is 13.1 Å². The lowest BCUT2D eigenvalue weighted by Crippen LogP contribution is -2.38. The van der Waals surface area contributed by atoms with E-state index in [0.29, 0.717) is 5.92 Å². The Kier molecular flexibility index (Phi) is 7.03. The van der Waals surface area contributed by atoms with Crippen LogP contribution in [0.1, 0.15) is 70.8 Å². The highest BCUT2D eigenvalue weighted by Crippen LogP contribution is 2.32. The first-order valence-corrected chi connectivity index (χ1v) is 11.0. The average molecular weight is 395 g/mol. The third-order valence-corrected chi connectivity index (χ3v) is 6.22. The molecule has 1 aromatic rings. The predicted molar refractivity (Wildman–Crippen MR) is 105 cm³/mol. The van der Waals surface area contributed by atoms with Crippen molar-refractivity contribution in [3.8, 4) is 0 Å². The summed E-state index contributed by atoms with van der Waals surface area (Å²) in [7, 11) is -3.90. The number of hydrogen-bond donors (Lipinski definition) is 2. The summed E-state index contributed by atoms with van der Waals surface area (Å²) >= 11 is 0. The summed E-state index contributed by atoms with van der Waals surface area (Å²) < 4.78 is 26.8. The van der Waals surface area contributed by atoms with Crippen LogP contribution in [0.2, 0.25) is 0 Å². The molecule has 0 aromatic heterocycles. The molecule has 0 aliphatic heterocycles. The van der Waals surface area contributed by atoms with Crippen molar-refractivity contribution in [2.45, 2.75) is 70.1 Å². The molecule has 1 fully saturated rings. The second-order valence-corrected chi connectivity index (χ2v) is 9.87. The van der Waals surface area contributed by atoms with Gasteiger partial charge in [0.05, 0.1) is 4.90 Å². The van der Waals surface area contributed by atoms with Crippen LogP contribution in [-0.4, -0.2) is 26.8 Å². The van der Waals surface area contributed by atoms with E-state index in [2.05, 4.69) is 10.0 Å². The van der Waals surface area contributed by atoms with Gasteiger partial charge in [0, 0.05) is 18.4 Å². The van der Waals surface area contributed by atoms with Crippen molar-refractivity contribution in [1.29, 1.82) is 0 Å². The fourth-order valence-corrected chi connectivity index (χ4v) is 4.18. The van der Waals surface area contributed by atoms with Gasteiger partial charge >= 0.3 is 0 Å². The maximum absolute atomic E-state index is 12.4. The van der Waals surface area contributed by atoms with Crippen LogP contribution in [0.4, 0.5) is 0 Å². The zero-order chi connectivity index (χ0) is 20.1. The van der Waals surface area contributed by atoms with E-state index < -0.39 is 21.3 Å². The molecule has 1 aromatic carbocycles. The number of rotatable bonds is 6. The summed E-state index contributed by atoms with van der Waals surface area (Å²) in [5.41, 5.74) is 0.604. The number of sulfonamides is 1. The van der Waals surface area contributed by atoms with Gasteiger partial charge in [-0.15, -0.1) is 0 Å². The standard InChI is InChI=1S/C20H30N2O4S/c1-20(2,3)19(24)21-14-13-18(23)22-27(25,26)17-11-9-16(10-12-17)15-7-5-4-6-8-15/h9-12,15H,4-8,13-14H2,1-3H3,(H,21,24)(H,22,23). The van der Waals surface area contributed by atoms with E-state index in [1.165, 1.54) is 19.3 Å². The van der Waals surface area contributed by atoms with Crippen LogP contribution in [0.15, 0.2) is 29.2 Å². The van der Waals surface area contributed by atoms with Gasteiger partial charge in [-0.3, -0.25) is 9.59 Å². The van der Waals surface area contributed by atoms with E-state index in [4.69, 9.17) is 0 Å². The minimum Gasteiger partial charge on any atom is -0.355 e. The number of hydrogen-bond acceptors (Lipinski definition) is 4. The Bertz CT molecular complexity index is 758. The van der Waals surface area contributed by atoms with Crippen molar-refractivity contribution in [2.24, 2.45) is 5.41 Å². The largest absolute Gasteiger partial charge is 0.355 e. The molecular formula is C20H30N2O4S. The molecule has 1 saturated carbocycles. The fraction of sp³-hybridized carbons (Fsp3) is 0.600. The van der Waals surface area contributed by atoms with Crippen LogP contribution in [0, 0.1) is 5.41 Å². The Morgan fingerprint density at radius 2 is 1.63 bits per heavy atom. The van der Waals surface area contributed by atoms with Gasteiger partial charge in [-0.1, -0.05) is 52.2 Å². The molecule has 0 spiro atoms. The molecule has 6 nitrogen and oxygen atoms in total. The molecule has 0 saturated heterocycles. The molecule has 1 aliphatic carbocycles. The Hall–Kier alpha value is -1.89. The van der Waals surface area contributed by atoms with Gasteiger partial charge < -0.3 is 5.32 Å². The summed E-state index contributed by atoms with van der Waals surface area (Å²) in [6.45, 7) is 5.40. The van der Waals surface area contributed by atoms with Crippen molar-refractivity contribution in [3.05, 3.63) is 29.8 Å². The Morgan fingerprint density at radius 1 is 1.04 bits per heavy atom. The molecule has 0 unspecified atom stereocenters. The van der Waals surface area contributed by atoms with Crippen molar-refractivity contribution in [3.63, 3.8) is 0 Å². The second-order valence-electron chi connectivity index (χ2n) is 8.19. The van der Waals surface area contributed by atoms with Crippen LogP contribution in [0.3, 0.4) is 0 Å². The highest BCUT2D eigenvalue weighted by atomic mass is 32.2. The minimum atomic E-state index is -3.90. The van der Waals surface area contributed by atoms with Gasteiger partial charge in [-0.2, -0.15) is 0 Å². The van der Waals surface area contributed by atoms with Crippen molar-refractivity contribution in [1.82, 2.24) is 10.0 Å². The first-order valence-electron chi connectivity index (χ1n) is 9.53. The number of carbonyl (C=O) groups excluding carboxylic acids is 2. The van der Waals surface area contributed by atoms with Crippen LogP contribution >= 0.6 is 0 Å². The van der Waals surface area contributed by atoms with Crippen molar-refractivity contribution in [2.75, 3.05) is 6.54 Å². The first kappa shape index (κ1) is 21.4. The van der Waals surface area contributed by atoms with E-state index in [1.54, 1.807) is 32.9 Å². The Morgan fingerprint density at radius 3 is 2.19 bits per heavy atom. The molecule has 2 amide bonds. The SMILES string of the molecule is CC(C)(C)C(=O)NCCC(=O)NS(=O)(=O)c1ccc(C2CCCCC2)cc1. The van der Waals surface area contributed by atoms with E-state index in [-0.39, 0.29) is 23.8 Å². The zero-order valence-corrected chi connectivity index (χ0v) is 17.2. The maximum atomic E-state index is 12.4. The highest BCUT2D eigenvalue weighted by molar-refractivity contribution is 7.90. The number of nitrogens with one attached hydrogen (secondary N) is 2. The van der Waals surface area contributed by atoms with Crippen LogP contribution < -0.4 is 10.0 Å². The molecule has 150 valence electrons.